The van der Waals surface area contributed by atoms with Crippen LogP contribution in [0.5, 0.6) is 11.5 Å². The summed E-state index contributed by atoms with van der Waals surface area (Å²) in [5.41, 5.74) is 2.58. The number of para-hydroxylation sites is 2. The summed E-state index contributed by atoms with van der Waals surface area (Å²) < 4.78 is 14.2. The first-order valence-electron chi connectivity index (χ1n) is 11.3. The molecule has 36 heavy (non-hydrogen) atoms. The van der Waals surface area contributed by atoms with Gasteiger partial charge in [-0.15, -0.1) is 0 Å². The van der Waals surface area contributed by atoms with E-state index in [2.05, 4.69) is 14.9 Å². The first kappa shape index (κ1) is 23.1. The Hall–Kier alpha value is -4.61. The Bertz CT molecular complexity index is 1590. The van der Waals surface area contributed by atoms with Gasteiger partial charge in [-0.25, -0.2) is 4.98 Å². The summed E-state index contributed by atoms with van der Waals surface area (Å²) in [6, 6.07) is 25.0. The largest absolute Gasteiger partial charge is 0.497 e. The van der Waals surface area contributed by atoms with Crippen molar-refractivity contribution in [2.24, 2.45) is 0 Å². The van der Waals surface area contributed by atoms with Gasteiger partial charge >= 0.3 is 0 Å². The number of aromatic nitrogens is 2. The van der Waals surface area contributed by atoms with E-state index in [1.54, 1.807) is 13.2 Å². The number of carbonyl (C=O) groups excluding carboxylic acids is 1. The first-order chi connectivity index (χ1) is 17.6. The Labute approximate surface area is 211 Å². The van der Waals surface area contributed by atoms with Crippen LogP contribution in [0.1, 0.15) is 5.56 Å². The molecule has 0 fully saturated rings. The zero-order chi connectivity index (χ0) is 24.9. The predicted molar refractivity (Wildman–Crippen MR) is 142 cm³/mol. The maximum atomic E-state index is 12.9. The number of hydrogen-bond donors (Lipinski definition) is 1. The summed E-state index contributed by atoms with van der Waals surface area (Å²) in [6.45, 7) is 1.03. The Morgan fingerprint density at radius 3 is 2.75 bits per heavy atom. The molecule has 5 rings (SSSR count). The lowest BCUT2D eigenvalue weighted by Crippen LogP contribution is -2.13. The highest BCUT2D eigenvalue weighted by molar-refractivity contribution is 7.22. The van der Waals surface area contributed by atoms with Crippen LogP contribution in [0.25, 0.3) is 27.2 Å². The predicted octanol–water partition coefficient (Wildman–Crippen LogP) is 5.88. The second-order valence-electron chi connectivity index (χ2n) is 7.93. The van der Waals surface area contributed by atoms with E-state index in [0.29, 0.717) is 18.3 Å². The van der Waals surface area contributed by atoms with Gasteiger partial charge in [0.25, 0.3) is 5.91 Å². The van der Waals surface area contributed by atoms with E-state index in [1.165, 1.54) is 11.3 Å². The van der Waals surface area contributed by atoms with Crippen LogP contribution < -0.4 is 14.8 Å². The molecule has 0 atom stereocenters. The van der Waals surface area contributed by atoms with Gasteiger partial charge in [-0.05, 0) is 36.4 Å². The molecule has 0 aliphatic heterocycles. The van der Waals surface area contributed by atoms with Gasteiger partial charge in [-0.3, -0.25) is 10.1 Å². The van der Waals surface area contributed by atoms with Gasteiger partial charge in [-0.1, -0.05) is 47.7 Å². The van der Waals surface area contributed by atoms with Crippen molar-refractivity contribution in [1.29, 1.82) is 5.26 Å². The van der Waals surface area contributed by atoms with Gasteiger partial charge in [0.1, 0.15) is 29.7 Å². The fourth-order valence-corrected chi connectivity index (χ4v) is 4.78. The molecule has 2 aromatic heterocycles. The van der Waals surface area contributed by atoms with Gasteiger partial charge < -0.3 is 14.0 Å². The number of hydrogen-bond acceptors (Lipinski definition) is 6. The number of anilines is 1. The van der Waals surface area contributed by atoms with Crippen molar-refractivity contribution in [3.05, 3.63) is 90.1 Å². The van der Waals surface area contributed by atoms with E-state index in [-0.39, 0.29) is 5.57 Å². The molecular weight excluding hydrogens is 472 g/mol. The molecule has 3 aromatic carbocycles. The molecule has 0 aliphatic rings. The van der Waals surface area contributed by atoms with E-state index < -0.39 is 5.91 Å². The van der Waals surface area contributed by atoms with Crippen molar-refractivity contribution in [1.82, 2.24) is 9.55 Å². The lowest BCUT2D eigenvalue weighted by Gasteiger charge is -2.09. The second kappa shape index (κ2) is 10.3. The highest BCUT2D eigenvalue weighted by Gasteiger charge is 2.15. The third-order valence-electron chi connectivity index (χ3n) is 5.64. The minimum atomic E-state index is -0.491. The monoisotopic (exact) mass is 494 g/mol. The van der Waals surface area contributed by atoms with Gasteiger partial charge in [0.15, 0.2) is 5.13 Å². The highest BCUT2D eigenvalue weighted by atomic mass is 32.1. The van der Waals surface area contributed by atoms with E-state index in [1.807, 2.05) is 85.1 Å². The fourth-order valence-electron chi connectivity index (χ4n) is 3.92. The molecule has 0 radical (unpaired) electrons. The molecule has 7 nitrogen and oxygen atoms in total. The van der Waals surface area contributed by atoms with Crippen LogP contribution >= 0.6 is 11.3 Å². The normalized spacial score (nSPS) is 11.4. The minimum Gasteiger partial charge on any atom is -0.497 e. The zero-order valence-electron chi connectivity index (χ0n) is 19.5. The molecule has 0 saturated heterocycles. The van der Waals surface area contributed by atoms with Crippen LogP contribution in [-0.2, 0) is 11.3 Å². The molecule has 8 heteroatoms. The molecule has 0 bridgehead atoms. The van der Waals surface area contributed by atoms with Crippen molar-refractivity contribution in [3.63, 3.8) is 0 Å². The van der Waals surface area contributed by atoms with E-state index in [9.17, 15) is 10.1 Å². The minimum absolute atomic E-state index is 0.00443. The number of methoxy groups -OCH3 is 1. The molecule has 1 amide bonds. The average molecular weight is 495 g/mol. The van der Waals surface area contributed by atoms with Crippen LogP contribution in [0, 0.1) is 11.3 Å². The topological polar surface area (TPSA) is 89.2 Å². The summed E-state index contributed by atoms with van der Waals surface area (Å²) in [5.74, 6) is 0.971. The molecule has 0 spiro atoms. The zero-order valence-corrected chi connectivity index (χ0v) is 20.3. The van der Waals surface area contributed by atoms with E-state index >= 15 is 0 Å². The van der Waals surface area contributed by atoms with Crippen LogP contribution in [-0.4, -0.2) is 29.2 Å². The highest BCUT2D eigenvalue weighted by Crippen LogP contribution is 2.27. The molecular formula is C28H22N4O3S. The van der Waals surface area contributed by atoms with E-state index in [4.69, 9.17) is 9.47 Å². The van der Waals surface area contributed by atoms with Crippen molar-refractivity contribution in [2.75, 3.05) is 19.0 Å². The van der Waals surface area contributed by atoms with Crippen LogP contribution in [0.15, 0.2) is 84.6 Å². The third kappa shape index (κ3) is 4.92. The van der Waals surface area contributed by atoms with Gasteiger partial charge in [0.2, 0.25) is 0 Å². The standard InChI is InChI=1S/C28H22N4O3S/c1-34-21-7-6-8-22(16-21)35-14-13-32-18-20(23-9-2-4-11-25(23)32)15-19(17-29)27(33)31-28-30-24-10-3-5-12-26(24)36-28/h2-12,15-16,18H,13-14H2,1H3,(H,30,31,33)/b19-15+. The first-order valence-corrected chi connectivity index (χ1v) is 12.1. The van der Waals surface area contributed by atoms with Crippen LogP contribution in [0.2, 0.25) is 0 Å². The molecule has 0 saturated carbocycles. The summed E-state index contributed by atoms with van der Waals surface area (Å²) in [7, 11) is 1.62. The summed E-state index contributed by atoms with van der Waals surface area (Å²) in [4.78, 5) is 17.3. The van der Waals surface area contributed by atoms with Gasteiger partial charge in [0, 0.05) is 28.7 Å². The summed E-state index contributed by atoms with van der Waals surface area (Å²) >= 11 is 1.37. The number of amides is 1. The van der Waals surface area contributed by atoms with Crippen LogP contribution in [0.4, 0.5) is 5.13 Å². The van der Waals surface area contributed by atoms with E-state index in [0.717, 1.165) is 38.2 Å². The van der Waals surface area contributed by atoms with Crippen molar-refractivity contribution in [2.45, 2.75) is 6.54 Å². The van der Waals surface area contributed by atoms with Crippen molar-refractivity contribution >= 4 is 49.6 Å². The SMILES string of the molecule is COc1cccc(OCCn2cc(/C=C(\C#N)C(=O)Nc3nc4ccccc4s3)c3ccccc32)c1. The molecule has 2 heterocycles. The summed E-state index contributed by atoms with van der Waals surface area (Å²) in [5, 5.41) is 13.9. The fraction of sp³-hybridized carbons (Fsp3) is 0.107. The molecule has 178 valence electrons. The average Bonchev–Trinajstić information content (AvgIpc) is 3.48. The molecule has 0 aliphatic carbocycles. The Morgan fingerprint density at radius 2 is 1.92 bits per heavy atom. The second-order valence-corrected chi connectivity index (χ2v) is 8.96. The Kier molecular flexibility index (Phi) is 6.65. The number of nitriles is 1. The Balaban J connectivity index is 1.36. The number of fused-ring (bicyclic) bond motifs is 2. The lowest BCUT2D eigenvalue weighted by molar-refractivity contribution is -0.112. The maximum absolute atomic E-state index is 12.9. The molecule has 0 unspecified atom stereocenters. The van der Waals surface area contributed by atoms with Crippen molar-refractivity contribution < 1.29 is 14.3 Å². The lowest BCUT2D eigenvalue weighted by atomic mass is 10.1. The summed E-state index contributed by atoms with van der Waals surface area (Å²) in [6.07, 6.45) is 3.55. The number of carbonyl (C=O) groups is 1. The number of nitrogens with one attached hydrogen (secondary N) is 1. The van der Waals surface area contributed by atoms with Crippen LogP contribution in [0.3, 0.4) is 0 Å². The number of nitrogens with zero attached hydrogens (tertiary/aromatic N) is 3. The number of thiazole rings is 1. The smallest absolute Gasteiger partial charge is 0.268 e. The number of ether oxygens (including phenoxy) is 2. The van der Waals surface area contributed by atoms with Crippen molar-refractivity contribution in [3.8, 4) is 17.6 Å². The van der Waals surface area contributed by atoms with Gasteiger partial charge in [-0.2, -0.15) is 5.26 Å². The Morgan fingerprint density at radius 1 is 1.11 bits per heavy atom. The maximum Gasteiger partial charge on any atom is 0.268 e. The quantitative estimate of drug-likeness (QED) is 0.215. The molecule has 1 N–H and O–H groups in total. The number of benzene rings is 3. The number of rotatable bonds is 8. The third-order valence-corrected chi connectivity index (χ3v) is 6.59. The molecule has 5 aromatic rings. The van der Waals surface area contributed by atoms with Gasteiger partial charge in [0.05, 0.1) is 23.9 Å².